The van der Waals surface area contributed by atoms with Crippen LogP contribution < -0.4 is 10.7 Å². The Bertz CT molecular complexity index is 1920. The van der Waals surface area contributed by atoms with Crippen LogP contribution in [-0.4, -0.2) is 13.4 Å². The molecule has 0 saturated heterocycles. The van der Waals surface area contributed by atoms with Gasteiger partial charge in [0.2, 0.25) is 0 Å². The van der Waals surface area contributed by atoms with Gasteiger partial charge in [-0.3, -0.25) is 0 Å². The first kappa shape index (κ1) is 24.0. The molecule has 0 aliphatic carbocycles. The molecule has 0 atom stereocenters. The first-order chi connectivity index (χ1) is 17.1. The van der Waals surface area contributed by atoms with Crippen molar-refractivity contribution in [2.45, 2.75) is 0 Å². The number of hydrogen-bond acceptors (Lipinski definition) is 3. The van der Waals surface area contributed by atoms with Crippen LogP contribution in [0.15, 0.2) is 112 Å². The van der Waals surface area contributed by atoms with Crippen LogP contribution in [0.2, 0.25) is 0 Å². The van der Waals surface area contributed by atoms with Gasteiger partial charge in [-0.1, -0.05) is 53.9 Å². The van der Waals surface area contributed by atoms with Gasteiger partial charge in [0.1, 0.15) is 0 Å². The molecule has 7 heteroatoms. The molecule has 7 rings (SSSR count). The maximum absolute atomic E-state index is 11.9. The molecule has 1 aliphatic rings. The molecule has 5 aromatic carbocycles. The molecule has 0 saturated carbocycles. The SMILES string of the molecule is O=S1(=O)N=c2c(c3ccc4ccccc4c3c3ccc[c-]c23)=N1.[Pt+2].[c-]1ccccc1-c1ccccn1. The normalized spacial score (nSPS) is 13.1. The number of fused-ring (bicyclic) bond motifs is 8. The van der Waals surface area contributed by atoms with Crippen LogP contribution in [-0.2, 0) is 31.3 Å². The Kier molecular flexibility index (Phi) is 6.48. The molecule has 176 valence electrons. The maximum atomic E-state index is 11.9. The van der Waals surface area contributed by atoms with Crippen LogP contribution in [0.1, 0.15) is 0 Å². The van der Waals surface area contributed by atoms with E-state index in [0.29, 0.717) is 16.1 Å². The monoisotopic (exact) mass is 666 g/mol. The number of nitrogens with zero attached hydrogens (tertiary/aromatic N) is 3. The van der Waals surface area contributed by atoms with E-state index in [-0.39, 0.29) is 21.1 Å². The van der Waals surface area contributed by atoms with Crippen molar-refractivity contribution in [2.24, 2.45) is 8.80 Å². The molecule has 0 fully saturated rings. The Morgan fingerprint density at radius 3 is 2.19 bits per heavy atom. The molecule has 0 N–H and O–H groups in total. The van der Waals surface area contributed by atoms with Crippen LogP contribution >= 0.6 is 0 Å². The smallest absolute Gasteiger partial charge is 0.305 e. The third-order valence-corrected chi connectivity index (χ3v) is 6.66. The Balaban J connectivity index is 0.000000175. The zero-order valence-electron chi connectivity index (χ0n) is 18.7. The van der Waals surface area contributed by atoms with Gasteiger partial charge in [0, 0.05) is 11.6 Å². The summed E-state index contributed by atoms with van der Waals surface area (Å²) < 4.78 is 31.5. The van der Waals surface area contributed by atoms with Crippen LogP contribution in [0.4, 0.5) is 0 Å². The Morgan fingerprint density at radius 1 is 0.639 bits per heavy atom. The molecule has 0 radical (unpaired) electrons. The average Bonchev–Trinajstić information content (AvgIpc) is 3.25. The number of pyridine rings is 1. The largest absolute Gasteiger partial charge is 2.00 e. The molecule has 6 aromatic rings. The van der Waals surface area contributed by atoms with E-state index in [1.807, 2.05) is 91.0 Å². The fourth-order valence-electron chi connectivity index (χ4n) is 4.35. The van der Waals surface area contributed by atoms with Crippen molar-refractivity contribution < 1.29 is 29.5 Å². The van der Waals surface area contributed by atoms with Gasteiger partial charge < -0.3 is 4.98 Å². The molecular weight excluding hydrogens is 649 g/mol. The first-order valence-electron chi connectivity index (χ1n) is 11.0. The Labute approximate surface area is 222 Å². The molecule has 0 amide bonds. The standard InChI is InChI=1S/C18H9N2O2S.C11H8N.Pt/c21-23(22)19-17-14-8-4-3-7-13(14)16-12-6-2-1-5-11(12)9-10-15(16)18(17)20-23;1-2-6-10(7-3-1)11-8-4-5-9-12-11;/h1-7,9-10H;1-6,8-9H;/q2*-1;+2. The van der Waals surface area contributed by atoms with Gasteiger partial charge in [0.25, 0.3) is 0 Å². The summed E-state index contributed by atoms with van der Waals surface area (Å²) >= 11 is 0. The fraction of sp³-hybridized carbons (Fsp3) is 0. The van der Waals surface area contributed by atoms with Gasteiger partial charge in [0.05, 0.1) is 5.36 Å². The number of rotatable bonds is 1. The Hall–Kier alpha value is -3.73. The molecule has 0 spiro atoms. The average molecular weight is 667 g/mol. The number of hydrogen-bond donors (Lipinski definition) is 0. The molecule has 5 nitrogen and oxygen atoms in total. The number of benzene rings is 5. The van der Waals surface area contributed by atoms with Crippen molar-refractivity contribution >= 4 is 42.5 Å². The second-order valence-electron chi connectivity index (χ2n) is 7.99. The zero-order chi connectivity index (χ0) is 23.8. The molecule has 1 aliphatic heterocycles. The predicted octanol–water partition coefficient (Wildman–Crippen LogP) is 4.99. The van der Waals surface area contributed by atoms with Crippen molar-refractivity contribution in [1.82, 2.24) is 4.98 Å². The molecule has 1 aromatic heterocycles. The summed E-state index contributed by atoms with van der Waals surface area (Å²) in [6.07, 6.45) is 1.79. The Morgan fingerprint density at radius 2 is 1.39 bits per heavy atom. The summed E-state index contributed by atoms with van der Waals surface area (Å²) in [4.78, 5) is 4.22. The molecule has 36 heavy (non-hydrogen) atoms. The summed E-state index contributed by atoms with van der Waals surface area (Å²) in [6.45, 7) is 0. The van der Waals surface area contributed by atoms with Crippen molar-refractivity contribution in [1.29, 1.82) is 0 Å². The molecule has 0 unspecified atom stereocenters. The molecule has 0 bridgehead atoms. The summed E-state index contributed by atoms with van der Waals surface area (Å²) in [6, 6.07) is 37.5. The van der Waals surface area contributed by atoms with E-state index in [0.717, 1.165) is 38.2 Å². The first-order valence-corrected chi connectivity index (χ1v) is 12.4. The van der Waals surface area contributed by atoms with Gasteiger partial charge in [-0.15, -0.1) is 65.5 Å². The van der Waals surface area contributed by atoms with E-state index in [4.69, 9.17) is 0 Å². The van der Waals surface area contributed by atoms with E-state index in [1.165, 1.54) is 0 Å². The van der Waals surface area contributed by atoms with Crippen LogP contribution in [0.5, 0.6) is 0 Å². The summed E-state index contributed by atoms with van der Waals surface area (Å²) in [5, 5.41) is 6.40. The van der Waals surface area contributed by atoms with Gasteiger partial charge in [-0.2, -0.15) is 17.2 Å². The van der Waals surface area contributed by atoms with Crippen LogP contribution in [0.3, 0.4) is 0 Å². The van der Waals surface area contributed by atoms with E-state index < -0.39 is 10.2 Å². The minimum atomic E-state index is -3.81. The maximum Gasteiger partial charge on any atom is 2.00 e. The predicted molar refractivity (Wildman–Crippen MR) is 138 cm³/mol. The fourth-order valence-corrected chi connectivity index (χ4v) is 5.22. The summed E-state index contributed by atoms with van der Waals surface area (Å²) in [5.74, 6) is 0. The van der Waals surface area contributed by atoms with Gasteiger partial charge in [-0.25, -0.2) is 0 Å². The van der Waals surface area contributed by atoms with E-state index in [2.05, 4.69) is 25.9 Å². The second kappa shape index (κ2) is 9.73. The van der Waals surface area contributed by atoms with Crippen LogP contribution in [0, 0.1) is 12.1 Å². The van der Waals surface area contributed by atoms with Gasteiger partial charge in [0.15, 0.2) is 0 Å². The van der Waals surface area contributed by atoms with Gasteiger partial charge in [-0.05, 0) is 33.3 Å². The zero-order valence-corrected chi connectivity index (χ0v) is 21.8. The van der Waals surface area contributed by atoms with Crippen molar-refractivity contribution in [2.75, 3.05) is 0 Å². The van der Waals surface area contributed by atoms with E-state index >= 15 is 0 Å². The minimum Gasteiger partial charge on any atom is -0.305 e. The summed E-state index contributed by atoms with van der Waals surface area (Å²) in [7, 11) is -3.81. The van der Waals surface area contributed by atoms with Gasteiger partial charge >= 0.3 is 31.3 Å². The van der Waals surface area contributed by atoms with E-state index in [9.17, 15) is 8.42 Å². The van der Waals surface area contributed by atoms with Crippen molar-refractivity contribution in [3.05, 3.63) is 126 Å². The van der Waals surface area contributed by atoms with Crippen molar-refractivity contribution in [3.63, 3.8) is 0 Å². The molecular formula is C29H17N3O2PtS. The topological polar surface area (TPSA) is 71.8 Å². The van der Waals surface area contributed by atoms with E-state index in [1.54, 1.807) is 12.3 Å². The third-order valence-electron chi connectivity index (χ3n) is 5.83. The third kappa shape index (κ3) is 4.34. The minimum absolute atomic E-state index is 0. The molecule has 2 heterocycles. The summed E-state index contributed by atoms with van der Waals surface area (Å²) in [5.41, 5.74) is 2.01. The van der Waals surface area contributed by atoms with Crippen molar-refractivity contribution in [3.8, 4) is 11.3 Å². The second-order valence-corrected chi connectivity index (χ2v) is 9.25. The quantitative estimate of drug-likeness (QED) is 0.184. The van der Waals surface area contributed by atoms with Crippen LogP contribution in [0.25, 0.3) is 43.6 Å². The number of aromatic nitrogens is 1.